The second-order valence-corrected chi connectivity index (χ2v) is 9.26. The fraction of sp³-hybridized carbons (Fsp3) is 0.263. The van der Waals surface area contributed by atoms with E-state index in [2.05, 4.69) is 16.4 Å². The van der Waals surface area contributed by atoms with Crippen molar-refractivity contribution in [2.24, 2.45) is 0 Å². The van der Waals surface area contributed by atoms with Crippen LogP contribution in [-0.4, -0.2) is 25.6 Å². The lowest BCUT2D eigenvalue weighted by molar-refractivity contribution is -0.116. The molecule has 3 aromatic rings. The number of aryl methyl sites for hydroxylation is 1. The van der Waals surface area contributed by atoms with Crippen LogP contribution in [-0.2, 0) is 21.1 Å². The van der Waals surface area contributed by atoms with Gasteiger partial charge in [0.05, 0.1) is 20.1 Å². The number of anilines is 1. The number of amides is 1. The van der Waals surface area contributed by atoms with Gasteiger partial charge in [0, 0.05) is 18.4 Å². The molecule has 3 rings (SSSR count). The van der Waals surface area contributed by atoms with Crippen LogP contribution >= 0.6 is 11.3 Å². The number of unbranched alkanes of at least 4 members (excludes halogenated alkanes) is 1. The van der Waals surface area contributed by atoms with E-state index < -0.39 is 9.84 Å². The Bertz CT molecular complexity index is 993. The SMILES string of the molecule is CS(=O)(=O)c1cccc(NC(=O)CCCCc2nc3ccccc3s2)c1. The molecule has 0 spiro atoms. The molecule has 0 bridgehead atoms. The third kappa shape index (κ3) is 4.89. The number of nitrogens with one attached hydrogen (secondary N) is 1. The van der Waals surface area contributed by atoms with Gasteiger partial charge in [0.25, 0.3) is 0 Å². The molecule has 2 aromatic carbocycles. The van der Waals surface area contributed by atoms with E-state index in [1.54, 1.807) is 23.5 Å². The summed E-state index contributed by atoms with van der Waals surface area (Å²) in [5, 5.41) is 3.85. The van der Waals surface area contributed by atoms with Gasteiger partial charge in [-0.05, 0) is 49.6 Å². The van der Waals surface area contributed by atoms with Crippen LogP contribution in [0, 0.1) is 0 Å². The van der Waals surface area contributed by atoms with E-state index in [4.69, 9.17) is 0 Å². The number of benzene rings is 2. The number of carbonyl (C=O) groups is 1. The van der Waals surface area contributed by atoms with Crippen molar-refractivity contribution in [1.29, 1.82) is 0 Å². The lowest BCUT2D eigenvalue weighted by Crippen LogP contribution is -2.11. The average Bonchev–Trinajstić information content (AvgIpc) is 3.01. The molecule has 1 heterocycles. The molecule has 0 atom stereocenters. The Kier molecular flexibility index (Phi) is 5.68. The maximum Gasteiger partial charge on any atom is 0.224 e. The highest BCUT2D eigenvalue weighted by Gasteiger charge is 2.09. The first-order chi connectivity index (χ1) is 12.4. The maximum absolute atomic E-state index is 12.1. The standard InChI is InChI=1S/C19H20N2O3S2/c1-26(23,24)15-8-6-7-14(13-15)20-18(22)11-4-5-12-19-21-16-9-2-3-10-17(16)25-19/h2-3,6-10,13H,4-5,11-12H2,1H3,(H,20,22). The Morgan fingerprint density at radius 3 is 2.69 bits per heavy atom. The summed E-state index contributed by atoms with van der Waals surface area (Å²) in [4.78, 5) is 16.8. The van der Waals surface area contributed by atoms with E-state index in [0.29, 0.717) is 12.1 Å². The first-order valence-corrected chi connectivity index (χ1v) is 11.1. The van der Waals surface area contributed by atoms with Gasteiger partial charge in [-0.1, -0.05) is 18.2 Å². The van der Waals surface area contributed by atoms with Gasteiger partial charge in [-0.25, -0.2) is 13.4 Å². The number of rotatable bonds is 7. The van der Waals surface area contributed by atoms with Gasteiger partial charge < -0.3 is 5.32 Å². The van der Waals surface area contributed by atoms with Gasteiger partial charge in [0.2, 0.25) is 5.91 Å². The lowest BCUT2D eigenvalue weighted by atomic mass is 10.2. The molecule has 0 aliphatic rings. The van der Waals surface area contributed by atoms with Crippen molar-refractivity contribution in [1.82, 2.24) is 4.98 Å². The Morgan fingerprint density at radius 2 is 1.92 bits per heavy atom. The third-order valence-corrected chi connectivity index (χ3v) is 6.14. The topological polar surface area (TPSA) is 76.1 Å². The summed E-state index contributed by atoms with van der Waals surface area (Å²) in [7, 11) is -3.28. The minimum Gasteiger partial charge on any atom is -0.326 e. The number of sulfone groups is 1. The first kappa shape index (κ1) is 18.5. The van der Waals surface area contributed by atoms with Crippen LogP contribution in [0.3, 0.4) is 0 Å². The van der Waals surface area contributed by atoms with E-state index >= 15 is 0 Å². The summed E-state index contributed by atoms with van der Waals surface area (Å²) in [6.45, 7) is 0. The van der Waals surface area contributed by atoms with Gasteiger partial charge in [-0.15, -0.1) is 11.3 Å². The fourth-order valence-corrected chi connectivity index (χ4v) is 4.29. The van der Waals surface area contributed by atoms with Crippen molar-refractivity contribution >= 4 is 43.0 Å². The Labute approximate surface area is 157 Å². The molecule has 0 fully saturated rings. The number of nitrogens with zero attached hydrogens (tertiary/aromatic N) is 1. The van der Waals surface area contributed by atoms with Crippen molar-refractivity contribution in [3.63, 3.8) is 0 Å². The highest BCUT2D eigenvalue weighted by atomic mass is 32.2. The highest BCUT2D eigenvalue weighted by Crippen LogP contribution is 2.23. The van der Waals surface area contributed by atoms with Crippen LogP contribution in [0.25, 0.3) is 10.2 Å². The van der Waals surface area contributed by atoms with Crippen LogP contribution in [0.15, 0.2) is 53.4 Å². The normalized spacial score (nSPS) is 11.6. The van der Waals surface area contributed by atoms with Crippen LogP contribution in [0.2, 0.25) is 0 Å². The van der Waals surface area contributed by atoms with E-state index in [1.165, 1.54) is 16.8 Å². The van der Waals surface area contributed by atoms with Crippen LogP contribution < -0.4 is 5.32 Å². The molecule has 0 saturated carbocycles. The number of thiazole rings is 1. The van der Waals surface area contributed by atoms with Gasteiger partial charge >= 0.3 is 0 Å². The molecule has 136 valence electrons. The minimum atomic E-state index is -3.28. The third-order valence-electron chi connectivity index (χ3n) is 3.93. The van der Waals surface area contributed by atoms with Crippen LogP contribution in [0.5, 0.6) is 0 Å². The molecule has 1 amide bonds. The fourth-order valence-electron chi connectivity index (χ4n) is 2.62. The maximum atomic E-state index is 12.1. The van der Waals surface area contributed by atoms with Crippen molar-refractivity contribution < 1.29 is 13.2 Å². The molecule has 1 N–H and O–H groups in total. The molecule has 1 aromatic heterocycles. The quantitative estimate of drug-likeness (QED) is 0.620. The smallest absolute Gasteiger partial charge is 0.224 e. The zero-order valence-electron chi connectivity index (χ0n) is 14.4. The van der Waals surface area contributed by atoms with Crippen molar-refractivity contribution in [3.05, 3.63) is 53.5 Å². The zero-order chi connectivity index (χ0) is 18.6. The Morgan fingerprint density at radius 1 is 1.12 bits per heavy atom. The zero-order valence-corrected chi connectivity index (χ0v) is 16.1. The summed E-state index contributed by atoms with van der Waals surface area (Å²) in [6, 6.07) is 14.4. The predicted molar refractivity (Wildman–Crippen MR) is 105 cm³/mol. The molecule has 5 nitrogen and oxygen atoms in total. The molecule has 0 aliphatic carbocycles. The molecule has 0 radical (unpaired) electrons. The van der Waals surface area contributed by atoms with Gasteiger partial charge in [-0.2, -0.15) is 0 Å². The predicted octanol–water partition coefficient (Wildman–Crippen LogP) is 4.05. The number of carbonyl (C=O) groups excluding carboxylic acids is 1. The molecular formula is C19H20N2O3S2. The second kappa shape index (κ2) is 7.97. The summed E-state index contributed by atoms with van der Waals surface area (Å²) >= 11 is 1.69. The molecule has 0 saturated heterocycles. The summed E-state index contributed by atoms with van der Waals surface area (Å²) in [5.41, 5.74) is 1.53. The molecule has 7 heteroatoms. The van der Waals surface area contributed by atoms with E-state index in [1.807, 2.05) is 18.2 Å². The molecular weight excluding hydrogens is 368 g/mol. The molecule has 26 heavy (non-hydrogen) atoms. The van der Waals surface area contributed by atoms with E-state index in [0.717, 1.165) is 36.0 Å². The molecule has 0 unspecified atom stereocenters. The van der Waals surface area contributed by atoms with Gasteiger partial charge in [0.1, 0.15) is 0 Å². The summed E-state index contributed by atoms with van der Waals surface area (Å²) < 4.78 is 24.3. The number of hydrogen-bond donors (Lipinski definition) is 1. The summed E-state index contributed by atoms with van der Waals surface area (Å²) in [6.07, 6.45) is 4.05. The lowest BCUT2D eigenvalue weighted by Gasteiger charge is -2.06. The van der Waals surface area contributed by atoms with E-state index in [9.17, 15) is 13.2 Å². The number of para-hydroxylation sites is 1. The van der Waals surface area contributed by atoms with E-state index in [-0.39, 0.29) is 10.8 Å². The van der Waals surface area contributed by atoms with Gasteiger partial charge in [0.15, 0.2) is 9.84 Å². The largest absolute Gasteiger partial charge is 0.326 e. The number of fused-ring (bicyclic) bond motifs is 1. The molecule has 0 aliphatic heterocycles. The van der Waals surface area contributed by atoms with Crippen LogP contribution in [0.4, 0.5) is 5.69 Å². The van der Waals surface area contributed by atoms with Crippen molar-refractivity contribution in [2.75, 3.05) is 11.6 Å². The Balaban J connectivity index is 1.47. The van der Waals surface area contributed by atoms with Gasteiger partial charge in [-0.3, -0.25) is 4.79 Å². The minimum absolute atomic E-state index is 0.111. The van der Waals surface area contributed by atoms with Crippen LogP contribution in [0.1, 0.15) is 24.3 Å². The second-order valence-electron chi connectivity index (χ2n) is 6.13. The number of hydrogen-bond acceptors (Lipinski definition) is 5. The summed E-state index contributed by atoms with van der Waals surface area (Å²) in [5.74, 6) is -0.111. The average molecular weight is 389 g/mol. The first-order valence-electron chi connectivity index (χ1n) is 8.36. The monoisotopic (exact) mass is 388 g/mol. The Hall–Kier alpha value is -2.25. The van der Waals surface area contributed by atoms with Crippen molar-refractivity contribution in [2.45, 2.75) is 30.6 Å². The number of aromatic nitrogens is 1. The van der Waals surface area contributed by atoms with Crippen molar-refractivity contribution in [3.8, 4) is 0 Å². The highest BCUT2D eigenvalue weighted by molar-refractivity contribution is 7.90.